The highest BCUT2D eigenvalue weighted by atomic mass is 16.5. The number of methoxy groups -OCH3 is 1. The summed E-state index contributed by atoms with van der Waals surface area (Å²) in [6, 6.07) is 13.3. The number of rotatable bonds is 8. The van der Waals surface area contributed by atoms with E-state index in [2.05, 4.69) is 12.2 Å². The lowest BCUT2D eigenvalue weighted by Crippen LogP contribution is -2.36. The minimum absolute atomic E-state index is 0.000690. The average molecular weight is 466 g/mol. The van der Waals surface area contributed by atoms with Gasteiger partial charge in [0, 0.05) is 29.0 Å². The molecule has 182 valence electrons. The Morgan fingerprint density at radius 2 is 1.82 bits per heavy atom. The molecule has 2 aromatic carbocycles. The zero-order valence-electron chi connectivity index (χ0n) is 21.0. The third-order valence-electron chi connectivity index (χ3n) is 5.80. The first-order valence-corrected chi connectivity index (χ1v) is 11.8. The molecule has 0 saturated carbocycles. The summed E-state index contributed by atoms with van der Waals surface area (Å²) >= 11 is 0. The van der Waals surface area contributed by atoms with Gasteiger partial charge in [-0.15, -0.1) is 0 Å². The third-order valence-corrected chi connectivity index (χ3v) is 5.80. The summed E-state index contributed by atoms with van der Waals surface area (Å²) in [5, 5.41) is 9.23. The van der Waals surface area contributed by atoms with Crippen LogP contribution >= 0.6 is 0 Å². The second-order valence-corrected chi connectivity index (χ2v) is 9.45. The summed E-state index contributed by atoms with van der Waals surface area (Å²) in [4.78, 5) is 25.1. The number of benzene rings is 2. The molecule has 7 nitrogen and oxygen atoms in total. The molecule has 34 heavy (non-hydrogen) atoms. The van der Waals surface area contributed by atoms with E-state index >= 15 is 0 Å². The van der Waals surface area contributed by atoms with Crippen molar-refractivity contribution in [3.63, 3.8) is 0 Å². The van der Waals surface area contributed by atoms with Gasteiger partial charge in [0.2, 0.25) is 11.8 Å². The summed E-state index contributed by atoms with van der Waals surface area (Å²) in [6.07, 6.45) is 1.22. The van der Waals surface area contributed by atoms with Gasteiger partial charge >= 0.3 is 0 Å². The Labute approximate surface area is 202 Å². The highest BCUT2D eigenvalue weighted by Crippen LogP contribution is 2.32. The van der Waals surface area contributed by atoms with Crippen LogP contribution in [0.5, 0.6) is 11.5 Å². The molecule has 1 aliphatic heterocycles. The molecule has 0 fully saturated rings. The maximum Gasteiger partial charge on any atom is 0.243 e. The van der Waals surface area contributed by atoms with Gasteiger partial charge in [-0.05, 0) is 49.2 Å². The van der Waals surface area contributed by atoms with Gasteiger partial charge in [-0.2, -0.15) is 5.10 Å². The van der Waals surface area contributed by atoms with Crippen LogP contribution in [-0.4, -0.2) is 36.3 Å². The van der Waals surface area contributed by atoms with Crippen LogP contribution < -0.4 is 14.8 Å². The summed E-state index contributed by atoms with van der Waals surface area (Å²) in [6.45, 7) is 10.5. The molecule has 3 rings (SSSR count). The molecule has 0 aliphatic carbocycles. The highest BCUT2D eigenvalue weighted by Gasteiger charge is 2.30. The van der Waals surface area contributed by atoms with Crippen LogP contribution in [0.3, 0.4) is 0 Å². The number of hydrazone groups is 1. The number of carbonyl (C=O) groups excluding carboxylic acids is 2. The Kier molecular flexibility index (Phi) is 7.97. The summed E-state index contributed by atoms with van der Waals surface area (Å²) < 4.78 is 11.1. The maximum atomic E-state index is 12.9. The van der Waals surface area contributed by atoms with Crippen molar-refractivity contribution < 1.29 is 19.1 Å². The Morgan fingerprint density at radius 1 is 1.12 bits per heavy atom. The zero-order chi connectivity index (χ0) is 24.9. The smallest absolute Gasteiger partial charge is 0.243 e. The van der Waals surface area contributed by atoms with Crippen molar-refractivity contribution >= 4 is 23.2 Å². The molecule has 1 unspecified atom stereocenters. The van der Waals surface area contributed by atoms with Gasteiger partial charge in [0.05, 0.1) is 26.0 Å². The Balaban J connectivity index is 1.83. The lowest BCUT2D eigenvalue weighted by atomic mass is 9.89. The summed E-state index contributed by atoms with van der Waals surface area (Å²) in [7, 11) is 1.62. The Hall–Kier alpha value is -3.35. The second kappa shape index (κ2) is 10.7. The van der Waals surface area contributed by atoms with Crippen LogP contribution in [0.25, 0.3) is 0 Å². The maximum absolute atomic E-state index is 12.9. The normalized spacial score (nSPS) is 16.2. The fourth-order valence-corrected chi connectivity index (χ4v) is 3.72. The van der Waals surface area contributed by atoms with Gasteiger partial charge in [0.1, 0.15) is 0 Å². The van der Waals surface area contributed by atoms with Gasteiger partial charge in [-0.3, -0.25) is 9.59 Å². The monoisotopic (exact) mass is 465 g/mol. The molecular weight excluding hydrogens is 430 g/mol. The topological polar surface area (TPSA) is 80.2 Å². The van der Waals surface area contributed by atoms with Crippen molar-refractivity contribution in [2.75, 3.05) is 19.0 Å². The predicted molar refractivity (Wildman–Crippen MR) is 134 cm³/mol. The zero-order valence-corrected chi connectivity index (χ0v) is 21.0. The first-order chi connectivity index (χ1) is 16.2. The van der Waals surface area contributed by atoms with Crippen LogP contribution in [0.2, 0.25) is 0 Å². The van der Waals surface area contributed by atoms with E-state index in [9.17, 15) is 9.59 Å². The number of anilines is 1. The van der Waals surface area contributed by atoms with Crippen LogP contribution in [0.4, 0.5) is 5.69 Å². The number of hydrogen-bond donors (Lipinski definition) is 1. The van der Waals surface area contributed by atoms with E-state index in [-0.39, 0.29) is 17.7 Å². The number of amides is 2. The van der Waals surface area contributed by atoms with Gasteiger partial charge in [0.15, 0.2) is 11.5 Å². The minimum Gasteiger partial charge on any atom is -0.493 e. The number of nitrogens with zero attached hydrogens (tertiary/aromatic N) is 2. The Morgan fingerprint density at radius 3 is 2.41 bits per heavy atom. The van der Waals surface area contributed by atoms with Gasteiger partial charge in [-0.25, -0.2) is 5.01 Å². The van der Waals surface area contributed by atoms with Crippen molar-refractivity contribution in [1.82, 2.24) is 5.01 Å². The molecule has 0 bridgehead atoms. The molecular formula is C27H35N3O4. The van der Waals surface area contributed by atoms with Crippen molar-refractivity contribution in [3.8, 4) is 11.5 Å². The van der Waals surface area contributed by atoms with Crippen molar-refractivity contribution in [3.05, 3.63) is 53.6 Å². The molecule has 1 aliphatic rings. The van der Waals surface area contributed by atoms with Crippen molar-refractivity contribution in [1.29, 1.82) is 0 Å². The van der Waals surface area contributed by atoms with Crippen molar-refractivity contribution in [2.45, 2.75) is 54.0 Å². The van der Waals surface area contributed by atoms with Crippen LogP contribution in [0.15, 0.2) is 47.6 Å². The number of nitrogens with one attached hydrogen (secondary N) is 1. The van der Waals surface area contributed by atoms with Crippen LogP contribution in [-0.2, 0) is 16.1 Å². The second-order valence-electron chi connectivity index (χ2n) is 9.45. The fraction of sp³-hybridized carbons (Fsp3) is 0.444. The van der Waals surface area contributed by atoms with E-state index in [1.165, 1.54) is 5.01 Å². The van der Waals surface area contributed by atoms with E-state index in [1.54, 1.807) is 7.11 Å². The van der Waals surface area contributed by atoms with E-state index in [0.717, 1.165) is 28.9 Å². The number of hydrogen-bond acceptors (Lipinski definition) is 5. The lowest BCUT2D eigenvalue weighted by Gasteiger charge is -2.29. The largest absolute Gasteiger partial charge is 0.493 e. The van der Waals surface area contributed by atoms with E-state index in [0.29, 0.717) is 31.1 Å². The number of carbonyl (C=O) groups is 2. The molecule has 0 spiro atoms. The molecule has 1 atom stereocenters. The highest BCUT2D eigenvalue weighted by molar-refractivity contribution is 6.06. The molecule has 0 aromatic heterocycles. The Bertz CT molecular complexity index is 1050. The standard InChI is InChI=1S/C27H35N3O4/c1-7-19-16-24(31)30(17-18-9-12-21(13-10-18)28-26(32)27(3,4)5)29-25(19)20-11-14-22(33-6)23(15-20)34-8-2/h9-15,19H,7-8,16-17H2,1-6H3,(H,28,32). The van der Waals surface area contributed by atoms with Gasteiger partial charge in [0.25, 0.3) is 0 Å². The minimum atomic E-state index is -0.469. The number of ether oxygens (including phenoxy) is 2. The lowest BCUT2D eigenvalue weighted by molar-refractivity contribution is -0.133. The molecule has 7 heteroatoms. The van der Waals surface area contributed by atoms with Crippen LogP contribution in [0.1, 0.15) is 58.6 Å². The third kappa shape index (κ3) is 5.95. The average Bonchev–Trinajstić information content (AvgIpc) is 2.81. The first kappa shape index (κ1) is 25.3. The van der Waals surface area contributed by atoms with Crippen LogP contribution in [0, 0.1) is 11.3 Å². The van der Waals surface area contributed by atoms with Gasteiger partial charge in [-0.1, -0.05) is 39.8 Å². The van der Waals surface area contributed by atoms with Crippen molar-refractivity contribution in [2.24, 2.45) is 16.4 Å². The predicted octanol–water partition coefficient (Wildman–Crippen LogP) is 5.24. The molecule has 2 amide bonds. The SMILES string of the molecule is CCOc1cc(C2=NN(Cc3ccc(NC(=O)C(C)(C)C)cc3)C(=O)CC2CC)ccc1OC. The van der Waals surface area contributed by atoms with E-state index in [1.807, 2.05) is 70.2 Å². The van der Waals surface area contributed by atoms with E-state index < -0.39 is 5.41 Å². The summed E-state index contributed by atoms with van der Waals surface area (Å²) in [5.41, 5.74) is 2.99. The molecule has 0 saturated heterocycles. The fourth-order valence-electron chi connectivity index (χ4n) is 3.72. The molecule has 2 aromatic rings. The molecule has 0 radical (unpaired) electrons. The first-order valence-electron chi connectivity index (χ1n) is 11.8. The molecule has 1 N–H and O–H groups in total. The summed E-state index contributed by atoms with van der Waals surface area (Å²) in [5.74, 6) is 1.33. The molecule has 1 heterocycles. The van der Waals surface area contributed by atoms with Gasteiger partial charge < -0.3 is 14.8 Å². The van der Waals surface area contributed by atoms with E-state index in [4.69, 9.17) is 14.6 Å². The quantitative estimate of drug-likeness (QED) is 0.578.